The van der Waals surface area contributed by atoms with Crippen LogP contribution in [0, 0.1) is 23.7 Å². The summed E-state index contributed by atoms with van der Waals surface area (Å²) in [5.41, 5.74) is 40.2. The molecule has 6 aliphatic heterocycles. The van der Waals surface area contributed by atoms with Crippen molar-refractivity contribution in [2.24, 2.45) is 23.7 Å². The Morgan fingerprint density at radius 1 is 0.241 bits per heavy atom. The van der Waals surface area contributed by atoms with Gasteiger partial charge in [0.2, 0.25) is 0 Å². The third-order valence-corrected chi connectivity index (χ3v) is 23.6. The summed E-state index contributed by atoms with van der Waals surface area (Å²) in [7, 11) is 0. The van der Waals surface area contributed by atoms with E-state index >= 15 is 0 Å². The van der Waals surface area contributed by atoms with E-state index in [-0.39, 0.29) is 38.7 Å². The van der Waals surface area contributed by atoms with Gasteiger partial charge in [-0.15, -0.1) is 66.2 Å². The van der Waals surface area contributed by atoms with Crippen LogP contribution in [0.25, 0.3) is 184 Å². The van der Waals surface area contributed by atoms with E-state index in [4.69, 9.17) is 26.1 Å². The summed E-state index contributed by atoms with van der Waals surface area (Å²) in [4.78, 5) is 60.1. The zero-order valence-electron chi connectivity index (χ0n) is 80.0. The zero-order chi connectivity index (χ0) is 93.8. The summed E-state index contributed by atoms with van der Waals surface area (Å²) in [6, 6.07) is 69.6. The molecule has 0 fully saturated rings. The van der Waals surface area contributed by atoms with Crippen LogP contribution >= 0.6 is 0 Å². The van der Waals surface area contributed by atoms with E-state index < -0.39 is 0 Å². The number of fused-ring (bicyclic) bond motifs is 24. The number of nitrogens with zero attached hydrogens (tertiary/aromatic N) is 12. The van der Waals surface area contributed by atoms with Gasteiger partial charge in [-0.2, -0.15) is 0 Å². The average molecular weight is 1910 g/mol. The molecule has 15 heterocycles. The van der Waals surface area contributed by atoms with Crippen molar-refractivity contribution < 1.29 is 68.3 Å². The number of rotatable bonds is 12. The second kappa shape index (κ2) is 41.1. The molecule has 4 aromatic carbocycles. The fourth-order valence-electron chi connectivity index (χ4n) is 17.4. The average Bonchev–Trinajstić information content (AvgIpc) is 1.62. The van der Waals surface area contributed by atoms with Crippen LogP contribution in [0.5, 0.6) is 0 Å². The molecule has 0 saturated carbocycles. The molecule has 0 N–H and O–H groups in total. The van der Waals surface area contributed by atoms with Gasteiger partial charge >= 0.3 is 68.3 Å². The molecule has 133 heavy (non-hydrogen) atoms. The van der Waals surface area contributed by atoms with Gasteiger partial charge in [0, 0.05) is 0 Å². The Bertz CT molecular complexity index is 6650. The third-order valence-electron chi connectivity index (χ3n) is 23.6. The Kier molecular flexibility index (Phi) is 30.1. The predicted octanol–water partition coefficient (Wildman–Crippen LogP) is 28.1. The minimum atomic E-state index is -0.104. The molecule has 6 aliphatic rings. The van der Waals surface area contributed by atoms with Crippen molar-refractivity contribution in [3.05, 3.63) is 307 Å². The van der Waals surface area contributed by atoms with Crippen LogP contribution in [-0.2, 0) is 116 Å². The van der Waals surface area contributed by atoms with Crippen LogP contribution in [-0.4, -0.2) is 29.9 Å². The van der Waals surface area contributed by atoms with Gasteiger partial charge in [-0.1, -0.05) is 333 Å². The Morgan fingerprint density at radius 3 is 0.632 bits per heavy atom. The van der Waals surface area contributed by atoms with Crippen molar-refractivity contribution in [2.75, 3.05) is 0 Å². The maximum atomic E-state index is 8.34. The molecule has 1 radical (unpaired) electrons. The Labute approximate surface area is 821 Å². The fraction of sp³-hybridized carbons (Fsp3) is 0.276. The van der Waals surface area contributed by atoms with Crippen LogP contribution in [0.1, 0.15) is 251 Å². The molecule has 0 spiro atoms. The summed E-state index contributed by atoms with van der Waals surface area (Å²) < 4.78 is 16.6. The van der Waals surface area contributed by atoms with E-state index in [1.54, 1.807) is 0 Å². The molecule has 671 valence electrons. The SMILES string of the molecule is C1=Cc2cc3ccc(cc4nc(cc5ccc(cc1n2)[n-]5)C=C4)[n-]3.C1=Cc2cc3ccc(cc4nc(cc5ccc(cc1n2)[n-]5)C=C4)[n-]3.CC(C)Cc1cc(CC(C)C)cc(-c2c3nc(c(-c4cc(CC(C)C)cc(C(C)(C)C)c4)c4ccc([n-]4)c(-c4cc(C(C)(C)C)cc(C(C)(C)C)c4)c4nc(c(-c5cc(CC(C)C)cc(C(C)(C)C)c5)c5ccc2[n-]5)C=C4)C=C3)c1.[Cu+2].[O]=[Ti+2].[O]=[Zr+2]. The minimum absolute atomic E-state index is 0. The number of hydrogen-bond donors (Lipinski definition) is 0. The number of hydrogen-bond acceptors (Lipinski definition) is 8. The Balaban J connectivity index is 0.000000213. The van der Waals surface area contributed by atoms with Gasteiger partial charge in [0.05, 0.1) is 68.3 Å². The molecule has 0 unspecified atom stereocenters. The molecule has 0 amide bonds. The quantitative estimate of drug-likeness (QED) is 0.105. The normalized spacial score (nSPS) is 12.7. The van der Waals surface area contributed by atoms with E-state index in [0.717, 1.165) is 225 Å². The van der Waals surface area contributed by atoms with Gasteiger partial charge < -0.3 is 29.9 Å². The molecule has 19 rings (SSSR count). The van der Waals surface area contributed by atoms with Crippen LogP contribution < -0.4 is 29.9 Å². The molecular weight excluding hydrogens is 1800 g/mol. The van der Waals surface area contributed by atoms with Gasteiger partial charge in [-0.25, -0.2) is 29.9 Å². The molecular formula is C116H116CuN12O2TiZr. The first-order valence-corrected chi connectivity index (χ1v) is 47.6. The molecule has 17 heteroatoms. The molecule has 13 aromatic rings. The van der Waals surface area contributed by atoms with E-state index in [0.29, 0.717) is 48.4 Å². The van der Waals surface area contributed by atoms with Crippen LogP contribution in [0.3, 0.4) is 0 Å². The summed E-state index contributed by atoms with van der Waals surface area (Å²) >= 11 is 1.05. The van der Waals surface area contributed by atoms with Gasteiger partial charge in [0.15, 0.2) is 0 Å². The van der Waals surface area contributed by atoms with Crippen molar-refractivity contribution in [2.45, 2.75) is 186 Å². The Hall–Kier alpha value is -11.6. The maximum absolute atomic E-state index is 8.34. The molecule has 9 aromatic heterocycles. The first-order valence-electron chi connectivity index (χ1n) is 45.9. The summed E-state index contributed by atoms with van der Waals surface area (Å²) in [5, 5.41) is 0. The molecule has 0 aliphatic carbocycles. The molecule has 0 atom stereocenters. The summed E-state index contributed by atoms with van der Waals surface area (Å²) in [6.45, 7) is 46.4. The first kappa shape index (κ1) is 97.4. The monoisotopic (exact) mass is 1910 g/mol. The first-order chi connectivity index (χ1) is 63.0. The van der Waals surface area contributed by atoms with Gasteiger partial charge in [-0.05, 0) is 233 Å². The van der Waals surface area contributed by atoms with Gasteiger partial charge in [-0.3, -0.25) is 0 Å². The van der Waals surface area contributed by atoms with Crippen molar-refractivity contribution in [1.82, 2.24) is 59.8 Å². The van der Waals surface area contributed by atoms with E-state index in [1.165, 1.54) is 44.5 Å². The van der Waals surface area contributed by atoms with E-state index in [1.807, 2.05) is 146 Å². The van der Waals surface area contributed by atoms with Crippen LogP contribution in [0.4, 0.5) is 0 Å². The van der Waals surface area contributed by atoms with Gasteiger partial charge in [0.1, 0.15) is 0 Å². The van der Waals surface area contributed by atoms with Crippen LogP contribution in [0.2, 0.25) is 0 Å². The van der Waals surface area contributed by atoms with Crippen molar-refractivity contribution >= 4 is 139 Å². The topological polar surface area (TPSA) is 196 Å². The Morgan fingerprint density at radius 2 is 0.429 bits per heavy atom. The molecule has 0 saturated heterocycles. The molecule has 14 nitrogen and oxygen atoms in total. The predicted molar refractivity (Wildman–Crippen MR) is 542 cm³/mol. The van der Waals surface area contributed by atoms with Crippen molar-refractivity contribution in [3.63, 3.8) is 0 Å². The van der Waals surface area contributed by atoms with Crippen molar-refractivity contribution in [3.8, 4) is 44.5 Å². The summed E-state index contributed by atoms with van der Waals surface area (Å²) in [6.07, 6.45) is 28.8. The van der Waals surface area contributed by atoms with E-state index in [2.05, 4.69) is 300 Å². The number of benzene rings is 4. The standard InChI is InChI=1S/C76H92N4.2C20H12N4.Cu.2O.Ti.Zr/c1-45(2)29-49-33-50(30-46(3)4)35-53(34-49)69-61-21-23-63(77-61)70(54-36-51(31-47(5)6)38-57(40-54)73(9,10)11)65-25-27-67(79-65)72(56-42-59(75(15,16)17)44-60(43-56)76(18,19)20)68-28-26-66(80-68)71(64-24-22-62(69)78-64)55-37-52(32-48(7)8)39-58(41-55)74(12,13)14;2*1-2-14-10-16-5-6-18(23-16)12-20-8-7-19(24-20)11-17-4-3-15(22-17)9-13(1)21-14;;;;;/h21-28,33-48H,29-32H2,1-20H3;2*1-12H;;;;;/q3*-2;+2;;;2*+2. The second-order valence-electron chi connectivity index (χ2n) is 40.9. The van der Waals surface area contributed by atoms with Gasteiger partial charge in [0.25, 0.3) is 0 Å². The number of aromatic nitrogens is 12. The van der Waals surface area contributed by atoms with Crippen molar-refractivity contribution in [1.29, 1.82) is 0 Å². The zero-order valence-corrected chi connectivity index (χ0v) is 85.0. The third kappa shape index (κ3) is 24.1. The second-order valence-corrected chi connectivity index (χ2v) is 40.9. The molecule has 24 bridgehead atoms. The van der Waals surface area contributed by atoms with Crippen LogP contribution in [0.15, 0.2) is 194 Å². The van der Waals surface area contributed by atoms with E-state index in [9.17, 15) is 0 Å². The summed E-state index contributed by atoms with van der Waals surface area (Å²) in [5.74, 6) is 1.97. The fourth-order valence-corrected chi connectivity index (χ4v) is 17.4.